The quantitative estimate of drug-likeness (QED) is 0.836. The highest BCUT2D eigenvalue weighted by Crippen LogP contribution is 2.34. The lowest BCUT2D eigenvalue weighted by Gasteiger charge is -2.32. The first-order chi connectivity index (χ1) is 10.2. The van der Waals surface area contributed by atoms with Gasteiger partial charge in [-0.2, -0.15) is 4.98 Å². The number of aryl methyl sites for hydroxylation is 1. The monoisotopic (exact) mass is 304 g/mol. The molecule has 4 nitrogen and oxygen atoms in total. The number of rotatable bonds is 6. The van der Waals surface area contributed by atoms with Crippen molar-refractivity contribution in [2.75, 3.05) is 17.2 Å². The molecule has 2 N–H and O–H groups in total. The van der Waals surface area contributed by atoms with Gasteiger partial charge in [0, 0.05) is 17.5 Å². The zero-order valence-corrected chi connectivity index (χ0v) is 13.9. The molecular formula is C16H24N4S. The summed E-state index contributed by atoms with van der Waals surface area (Å²) in [5.74, 6) is 2.52. The highest BCUT2D eigenvalue weighted by molar-refractivity contribution is 7.18. The van der Waals surface area contributed by atoms with Crippen molar-refractivity contribution in [1.29, 1.82) is 0 Å². The topological polar surface area (TPSA) is 49.8 Å². The molecular weight excluding hydrogens is 280 g/mol. The molecule has 1 saturated carbocycles. The van der Waals surface area contributed by atoms with Gasteiger partial charge >= 0.3 is 0 Å². The summed E-state index contributed by atoms with van der Waals surface area (Å²) in [7, 11) is 0. The number of fused-ring (bicyclic) bond motifs is 1. The number of thiophene rings is 1. The summed E-state index contributed by atoms with van der Waals surface area (Å²) in [6, 6.07) is 2.72. The van der Waals surface area contributed by atoms with Crippen LogP contribution in [0.25, 0.3) is 10.2 Å². The average Bonchev–Trinajstić information content (AvgIpc) is 2.80. The maximum absolute atomic E-state index is 4.69. The molecule has 1 aliphatic rings. The Morgan fingerprint density at radius 1 is 1.33 bits per heavy atom. The molecule has 0 spiro atoms. The van der Waals surface area contributed by atoms with E-state index in [0.29, 0.717) is 6.04 Å². The molecule has 21 heavy (non-hydrogen) atoms. The van der Waals surface area contributed by atoms with E-state index in [1.54, 1.807) is 11.3 Å². The summed E-state index contributed by atoms with van der Waals surface area (Å²) in [4.78, 5) is 11.8. The number of nitrogens with zero attached hydrogens (tertiary/aromatic N) is 2. The van der Waals surface area contributed by atoms with Crippen LogP contribution in [0.4, 0.5) is 11.8 Å². The predicted molar refractivity (Wildman–Crippen MR) is 91.4 cm³/mol. The number of anilines is 2. The molecule has 0 aliphatic heterocycles. The van der Waals surface area contributed by atoms with Crippen molar-refractivity contribution in [3.05, 3.63) is 10.9 Å². The van der Waals surface area contributed by atoms with Crippen molar-refractivity contribution in [3.8, 4) is 0 Å². The van der Waals surface area contributed by atoms with Crippen molar-refractivity contribution in [1.82, 2.24) is 9.97 Å². The lowest BCUT2D eigenvalue weighted by Crippen LogP contribution is -2.31. The van der Waals surface area contributed by atoms with E-state index >= 15 is 0 Å². The van der Waals surface area contributed by atoms with Crippen LogP contribution in [-0.4, -0.2) is 22.6 Å². The van der Waals surface area contributed by atoms with Crippen molar-refractivity contribution in [2.24, 2.45) is 5.92 Å². The van der Waals surface area contributed by atoms with Crippen LogP contribution in [0.15, 0.2) is 6.07 Å². The molecule has 2 aromatic rings. The average molecular weight is 304 g/mol. The molecule has 5 heteroatoms. The molecule has 3 rings (SSSR count). The molecule has 2 heterocycles. The van der Waals surface area contributed by atoms with Gasteiger partial charge in [0.1, 0.15) is 10.6 Å². The van der Waals surface area contributed by atoms with E-state index < -0.39 is 0 Å². The molecule has 2 aromatic heterocycles. The molecule has 1 atom stereocenters. The molecule has 1 fully saturated rings. The minimum absolute atomic E-state index is 0.483. The van der Waals surface area contributed by atoms with Crippen LogP contribution in [-0.2, 0) is 6.42 Å². The minimum atomic E-state index is 0.483. The van der Waals surface area contributed by atoms with Gasteiger partial charge in [0.15, 0.2) is 0 Å². The Labute approximate surface area is 130 Å². The highest BCUT2D eigenvalue weighted by Gasteiger charge is 2.25. The molecule has 0 saturated heterocycles. The molecule has 1 unspecified atom stereocenters. The Morgan fingerprint density at radius 2 is 2.14 bits per heavy atom. The first-order valence-corrected chi connectivity index (χ1v) is 8.83. The van der Waals surface area contributed by atoms with Gasteiger partial charge in [-0.1, -0.05) is 13.3 Å². The Morgan fingerprint density at radius 3 is 2.76 bits per heavy atom. The van der Waals surface area contributed by atoms with Crippen LogP contribution in [0.3, 0.4) is 0 Å². The van der Waals surface area contributed by atoms with Gasteiger partial charge in [-0.3, -0.25) is 0 Å². The Hall–Kier alpha value is -1.36. The van der Waals surface area contributed by atoms with Gasteiger partial charge in [0.2, 0.25) is 5.95 Å². The van der Waals surface area contributed by atoms with Crippen molar-refractivity contribution in [3.63, 3.8) is 0 Å². The Balaban J connectivity index is 1.94. The van der Waals surface area contributed by atoms with E-state index in [0.717, 1.165) is 35.5 Å². The summed E-state index contributed by atoms with van der Waals surface area (Å²) < 4.78 is 0. The van der Waals surface area contributed by atoms with Crippen molar-refractivity contribution in [2.45, 2.75) is 52.5 Å². The Bertz CT molecular complexity index is 618. The highest BCUT2D eigenvalue weighted by atomic mass is 32.1. The minimum Gasteiger partial charge on any atom is -0.367 e. The molecule has 0 amide bonds. The molecule has 1 aliphatic carbocycles. The smallest absolute Gasteiger partial charge is 0.226 e. The van der Waals surface area contributed by atoms with E-state index in [9.17, 15) is 0 Å². The number of aromatic nitrogens is 2. The summed E-state index contributed by atoms with van der Waals surface area (Å²) in [6.45, 7) is 7.38. The number of hydrogen-bond acceptors (Lipinski definition) is 5. The fourth-order valence-electron chi connectivity index (χ4n) is 2.77. The Kier molecular flexibility index (Phi) is 4.29. The van der Waals surface area contributed by atoms with Crippen LogP contribution in [0.1, 0.15) is 44.9 Å². The lowest BCUT2D eigenvalue weighted by atomic mass is 9.80. The maximum atomic E-state index is 4.69. The van der Waals surface area contributed by atoms with Crippen LogP contribution < -0.4 is 10.6 Å². The first-order valence-electron chi connectivity index (χ1n) is 8.02. The summed E-state index contributed by atoms with van der Waals surface area (Å²) in [5.41, 5.74) is 0. The zero-order chi connectivity index (χ0) is 14.8. The zero-order valence-electron chi connectivity index (χ0n) is 13.1. The van der Waals surface area contributed by atoms with E-state index in [-0.39, 0.29) is 0 Å². The third-order valence-electron chi connectivity index (χ3n) is 4.35. The van der Waals surface area contributed by atoms with Gasteiger partial charge in [0.25, 0.3) is 0 Å². The van der Waals surface area contributed by atoms with Gasteiger partial charge in [-0.15, -0.1) is 11.3 Å². The van der Waals surface area contributed by atoms with E-state index in [4.69, 9.17) is 4.98 Å². The standard InChI is InChI=1S/C16H24N4S/c1-4-12-9-13-14(18-10(3)11-7-6-8-11)19-16(17-5-2)20-15(13)21-12/h9-11H,4-8H2,1-3H3,(H2,17,18,19,20). The van der Waals surface area contributed by atoms with Gasteiger partial charge in [0.05, 0.1) is 5.39 Å². The second-order valence-electron chi connectivity index (χ2n) is 5.84. The first kappa shape index (κ1) is 14.6. The molecule has 0 aromatic carbocycles. The van der Waals surface area contributed by atoms with Gasteiger partial charge < -0.3 is 10.6 Å². The maximum Gasteiger partial charge on any atom is 0.226 e. The van der Waals surface area contributed by atoms with Crippen molar-refractivity contribution < 1.29 is 0 Å². The largest absolute Gasteiger partial charge is 0.367 e. The van der Waals surface area contributed by atoms with Crippen LogP contribution in [0.5, 0.6) is 0 Å². The van der Waals surface area contributed by atoms with Crippen LogP contribution >= 0.6 is 11.3 Å². The predicted octanol–water partition coefficient (Wildman–Crippen LogP) is 4.29. The number of nitrogens with one attached hydrogen (secondary N) is 2. The van der Waals surface area contributed by atoms with E-state index in [1.165, 1.54) is 29.5 Å². The molecule has 0 bridgehead atoms. The van der Waals surface area contributed by atoms with Crippen molar-refractivity contribution >= 4 is 33.3 Å². The summed E-state index contributed by atoms with van der Waals surface area (Å²) in [5, 5.41) is 8.05. The van der Waals surface area contributed by atoms with E-state index in [1.807, 2.05) is 0 Å². The van der Waals surface area contributed by atoms with Crippen LogP contribution in [0.2, 0.25) is 0 Å². The van der Waals surface area contributed by atoms with Crippen LogP contribution in [0, 0.1) is 5.92 Å². The third-order valence-corrected chi connectivity index (χ3v) is 5.52. The fraction of sp³-hybridized carbons (Fsp3) is 0.625. The summed E-state index contributed by atoms with van der Waals surface area (Å²) in [6.07, 6.45) is 5.10. The number of hydrogen-bond donors (Lipinski definition) is 2. The SMILES string of the molecule is CCNc1nc(NC(C)C2CCC2)c2cc(CC)sc2n1. The molecule has 114 valence electrons. The second kappa shape index (κ2) is 6.18. The fourth-order valence-corrected chi connectivity index (χ4v) is 3.73. The molecule has 0 radical (unpaired) electrons. The third kappa shape index (κ3) is 2.98. The van der Waals surface area contributed by atoms with Gasteiger partial charge in [-0.05, 0) is 45.1 Å². The lowest BCUT2D eigenvalue weighted by molar-refractivity contribution is 0.285. The summed E-state index contributed by atoms with van der Waals surface area (Å²) >= 11 is 1.78. The normalized spacial score (nSPS) is 16.7. The second-order valence-corrected chi connectivity index (χ2v) is 6.95. The van der Waals surface area contributed by atoms with E-state index in [2.05, 4.69) is 42.5 Å². The van der Waals surface area contributed by atoms with Gasteiger partial charge in [-0.25, -0.2) is 4.98 Å².